The number of nitrogens with two attached hydrogens (primary N) is 1. The maximum absolute atomic E-state index is 4.50. The zero-order valence-electron chi connectivity index (χ0n) is 3.66. The molecular formula is C3H10BrN. The lowest BCUT2D eigenvalue weighted by molar-refractivity contribution is 1.48. The standard InChI is InChI=1S/C2H5Br.CH5N/c1-2-3;1-2/h2H2,1H3;2H2,1H3. The van der Waals surface area contributed by atoms with E-state index in [2.05, 4.69) is 21.7 Å². The summed E-state index contributed by atoms with van der Waals surface area (Å²) in [6.45, 7) is 2.04. The molecule has 0 aliphatic heterocycles. The van der Waals surface area contributed by atoms with Crippen LogP contribution in [0.1, 0.15) is 6.92 Å². The Morgan fingerprint density at radius 2 is 1.60 bits per heavy atom. The minimum absolute atomic E-state index is 1.06. The topological polar surface area (TPSA) is 26.0 Å². The summed E-state index contributed by atoms with van der Waals surface area (Å²) in [5.41, 5.74) is 4.50. The van der Waals surface area contributed by atoms with E-state index in [-0.39, 0.29) is 0 Å². The number of alkyl halides is 1. The summed E-state index contributed by atoms with van der Waals surface area (Å²) in [6, 6.07) is 0. The predicted octanol–water partition coefficient (Wildman–Crippen LogP) is 0.976. The molecule has 0 saturated heterocycles. The molecule has 0 aromatic rings. The second-order valence-corrected chi connectivity index (χ2v) is 1.39. The Morgan fingerprint density at radius 3 is 1.60 bits per heavy atom. The quantitative estimate of drug-likeness (QED) is 0.498. The highest BCUT2D eigenvalue weighted by Gasteiger charge is 1.38. The van der Waals surface area contributed by atoms with Crippen LogP contribution < -0.4 is 5.73 Å². The minimum Gasteiger partial charge on any atom is -0.333 e. The second-order valence-electron chi connectivity index (χ2n) is 0.267. The Hall–Kier alpha value is 0.440. The fourth-order valence-corrected chi connectivity index (χ4v) is 0. The molecule has 0 aliphatic rings. The fourth-order valence-electron chi connectivity index (χ4n) is 0. The van der Waals surface area contributed by atoms with Gasteiger partial charge in [0.2, 0.25) is 0 Å². The van der Waals surface area contributed by atoms with Crippen molar-refractivity contribution >= 4 is 15.9 Å². The summed E-state index contributed by atoms with van der Waals surface area (Å²) in [5.74, 6) is 0. The number of rotatable bonds is 0. The summed E-state index contributed by atoms with van der Waals surface area (Å²) in [7, 11) is 1.50. The van der Waals surface area contributed by atoms with Gasteiger partial charge in [-0.1, -0.05) is 22.9 Å². The molecule has 0 bridgehead atoms. The summed E-state index contributed by atoms with van der Waals surface area (Å²) in [5, 5.41) is 1.06. The van der Waals surface area contributed by atoms with Crippen LogP contribution in [0.25, 0.3) is 0 Å². The first-order valence-corrected chi connectivity index (χ1v) is 2.67. The molecule has 0 amide bonds. The first kappa shape index (κ1) is 9.06. The van der Waals surface area contributed by atoms with Crippen LogP contribution in [0, 0.1) is 0 Å². The first-order valence-electron chi connectivity index (χ1n) is 1.55. The van der Waals surface area contributed by atoms with Crippen LogP contribution >= 0.6 is 15.9 Å². The molecule has 1 nitrogen and oxygen atoms in total. The van der Waals surface area contributed by atoms with Gasteiger partial charge in [-0.05, 0) is 7.05 Å². The van der Waals surface area contributed by atoms with E-state index in [0.717, 1.165) is 5.33 Å². The SMILES string of the molecule is CCBr.CN. The van der Waals surface area contributed by atoms with Crippen molar-refractivity contribution in [1.29, 1.82) is 0 Å². The molecule has 0 aromatic carbocycles. The van der Waals surface area contributed by atoms with Gasteiger partial charge in [-0.2, -0.15) is 0 Å². The average molecular weight is 140 g/mol. The zero-order chi connectivity index (χ0) is 4.71. The van der Waals surface area contributed by atoms with Crippen molar-refractivity contribution in [2.45, 2.75) is 6.92 Å². The van der Waals surface area contributed by atoms with Gasteiger partial charge in [0.1, 0.15) is 0 Å². The minimum atomic E-state index is 1.06. The lowest BCUT2D eigenvalue weighted by atomic mass is 11.0. The van der Waals surface area contributed by atoms with E-state index < -0.39 is 0 Å². The maximum Gasteiger partial charge on any atom is 0.000281 e. The second kappa shape index (κ2) is 25.3. The van der Waals surface area contributed by atoms with Crippen molar-refractivity contribution in [3.63, 3.8) is 0 Å². The molecule has 2 N–H and O–H groups in total. The van der Waals surface area contributed by atoms with Gasteiger partial charge >= 0.3 is 0 Å². The third kappa shape index (κ3) is 137. The van der Waals surface area contributed by atoms with Gasteiger partial charge in [0.15, 0.2) is 0 Å². The van der Waals surface area contributed by atoms with E-state index in [4.69, 9.17) is 0 Å². The highest BCUT2D eigenvalue weighted by atomic mass is 79.9. The van der Waals surface area contributed by atoms with Gasteiger partial charge in [0.25, 0.3) is 0 Å². The van der Waals surface area contributed by atoms with E-state index in [9.17, 15) is 0 Å². The van der Waals surface area contributed by atoms with Crippen molar-refractivity contribution in [3.05, 3.63) is 0 Å². The van der Waals surface area contributed by atoms with Crippen molar-refractivity contribution in [2.24, 2.45) is 5.73 Å². The van der Waals surface area contributed by atoms with Gasteiger partial charge in [-0.15, -0.1) is 0 Å². The van der Waals surface area contributed by atoms with Crippen molar-refractivity contribution in [3.8, 4) is 0 Å². The van der Waals surface area contributed by atoms with Crippen molar-refractivity contribution in [2.75, 3.05) is 12.4 Å². The first-order chi connectivity index (χ1) is 2.41. The Kier molecular flexibility index (Phi) is 45.9. The smallest absolute Gasteiger partial charge is 0.000281 e. The molecule has 0 radical (unpaired) electrons. The van der Waals surface area contributed by atoms with Crippen LogP contribution in [0.5, 0.6) is 0 Å². The molecule has 0 saturated carbocycles. The Balaban J connectivity index is 0. The molecule has 0 aromatic heterocycles. The van der Waals surface area contributed by atoms with Gasteiger partial charge < -0.3 is 5.73 Å². The number of halogens is 1. The van der Waals surface area contributed by atoms with E-state index in [1.54, 1.807) is 0 Å². The molecule has 0 spiro atoms. The zero-order valence-corrected chi connectivity index (χ0v) is 5.25. The molecule has 0 aliphatic carbocycles. The lowest BCUT2D eigenvalue weighted by Crippen LogP contribution is -1.69. The van der Waals surface area contributed by atoms with Gasteiger partial charge in [0, 0.05) is 5.33 Å². The van der Waals surface area contributed by atoms with Crippen molar-refractivity contribution < 1.29 is 0 Å². The molecule has 0 heterocycles. The van der Waals surface area contributed by atoms with Gasteiger partial charge in [-0.25, -0.2) is 0 Å². The Bertz CT molecular complexity index is 6.85. The Morgan fingerprint density at radius 1 is 1.60 bits per heavy atom. The van der Waals surface area contributed by atoms with Gasteiger partial charge in [-0.3, -0.25) is 0 Å². The van der Waals surface area contributed by atoms with E-state index in [1.165, 1.54) is 7.05 Å². The summed E-state index contributed by atoms with van der Waals surface area (Å²) >= 11 is 3.15. The lowest BCUT2D eigenvalue weighted by Gasteiger charge is -1.45. The fraction of sp³-hybridized carbons (Fsp3) is 1.00. The number of hydrogen-bond donors (Lipinski definition) is 1. The van der Waals surface area contributed by atoms with Crippen molar-refractivity contribution in [1.82, 2.24) is 0 Å². The highest BCUT2D eigenvalue weighted by molar-refractivity contribution is 9.09. The monoisotopic (exact) mass is 139 g/mol. The number of hydrogen-bond acceptors (Lipinski definition) is 1. The van der Waals surface area contributed by atoms with E-state index >= 15 is 0 Å². The average Bonchev–Trinajstić information content (AvgIpc) is 1.46. The van der Waals surface area contributed by atoms with Crippen LogP contribution in [0.15, 0.2) is 0 Å². The molecular weight excluding hydrogens is 130 g/mol. The predicted molar refractivity (Wildman–Crippen MR) is 29.6 cm³/mol. The molecule has 0 fully saturated rings. The van der Waals surface area contributed by atoms with E-state index in [1.807, 2.05) is 6.92 Å². The van der Waals surface area contributed by atoms with Gasteiger partial charge in [0.05, 0.1) is 0 Å². The van der Waals surface area contributed by atoms with Crippen LogP contribution in [0.4, 0.5) is 0 Å². The largest absolute Gasteiger partial charge is 0.333 e. The van der Waals surface area contributed by atoms with Crippen LogP contribution in [-0.2, 0) is 0 Å². The molecule has 0 atom stereocenters. The highest BCUT2D eigenvalue weighted by Crippen LogP contribution is 1.67. The Labute approximate surface area is 41.7 Å². The third-order valence-corrected chi connectivity index (χ3v) is 0. The molecule has 0 unspecified atom stereocenters. The molecule has 5 heavy (non-hydrogen) atoms. The molecule has 0 rings (SSSR count). The van der Waals surface area contributed by atoms with Crippen LogP contribution in [0.3, 0.4) is 0 Å². The van der Waals surface area contributed by atoms with Crippen LogP contribution in [-0.4, -0.2) is 12.4 Å². The van der Waals surface area contributed by atoms with E-state index in [0.29, 0.717) is 0 Å². The summed E-state index contributed by atoms with van der Waals surface area (Å²) < 4.78 is 0. The molecule has 2 heteroatoms. The maximum atomic E-state index is 4.50. The summed E-state index contributed by atoms with van der Waals surface area (Å²) in [6.07, 6.45) is 0. The third-order valence-electron chi connectivity index (χ3n) is 0. The van der Waals surface area contributed by atoms with Crippen LogP contribution in [0.2, 0.25) is 0 Å². The summed E-state index contributed by atoms with van der Waals surface area (Å²) in [4.78, 5) is 0. The normalized spacial score (nSPS) is 4.80. The molecule has 34 valence electrons.